The average molecular weight is 489 g/mol. The highest BCUT2D eigenvalue weighted by atomic mass is 16.5. The molecule has 2 aliphatic heterocycles. The van der Waals surface area contributed by atoms with E-state index in [2.05, 4.69) is 22.8 Å². The number of ether oxygens (including phenoxy) is 1. The van der Waals surface area contributed by atoms with E-state index in [1.807, 2.05) is 17.0 Å². The quantitative estimate of drug-likeness (QED) is 0.462. The summed E-state index contributed by atoms with van der Waals surface area (Å²) < 4.78 is 6.76. The number of benzene rings is 2. The first-order valence-electron chi connectivity index (χ1n) is 12.3. The van der Waals surface area contributed by atoms with E-state index in [4.69, 9.17) is 4.74 Å². The number of carbonyl (C=O) groups is 3. The van der Waals surface area contributed by atoms with Gasteiger partial charge in [0.1, 0.15) is 11.3 Å². The molecular weight excluding hydrogens is 460 g/mol. The Bertz CT molecular complexity index is 1390. The van der Waals surface area contributed by atoms with E-state index < -0.39 is 17.5 Å². The molecule has 3 N–H and O–H groups in total. The maximum absolute atomic E-state index is 13.8. The number of methoxy groups -OCH3 is 1. The van der Waals surface area contributed by atoms with E-state index in [0.717, 1.165) is 24.6 Å². The molecule has 1 saturated heterocycles. The van der Waals surface area contributed by atoms with Gasteiger partial charge in [-0.2, -0.15) is 0 Å². The minimum atomic E-state index is -1.52. The minimum absolute atomic E-state index is 0.0188. The lowest BCUT2D eigenvalue weighted by molar-refractivity contribution is -0.139. The Morgan fingerprint density at radius 3 is 2.72 bits per heavy atom. The molecule has 0 radical (unpaired) electrons. The molecule has 1 aliphatic carbocycles. The first kappa shape index (κ1) is 22.5. The van der Waals surface area contributed by atoms with Crippen molar-refractivity contribution in [3.05, 3.63) is 59.8 Å². The molecule has 2 aromatic carbocycles. The Morgan fingerprint density at radius 1 is 1.19 bits per heavy atom. The van der Waals surface area contributed by atoms with Gasteiger partial charge in [0.05, 0.1) is 26.1 Å². The predicted molar refractivity (Wildman–Crippen MR) is 132 cm³/mol. The van der Waals surface area contributed by atoms with Crippen molar-refractivity contribution >= 4 is 28.6 Å². The predicted octanol–water partition coefficient (Wildman–Crippen LogP) is 2.86. The van der Waals surface area contributed by atoms with Crippen molar-refractivity contribution in [1.82, 2.24) is 20.1 Å². The molecule has 0 bridgehead atoms. The van der Waals surface area contributed by atoms with E-state index in [-0.39, 0.29) is 30.8 Å². The zero-order valence-electron chi connectivity index (χ0n) is 20.0. The number of carbonyl (C=O) groups excluding carboxylic acids is 3. The van der Waals surface area contributed by atoms with Crippen LogP contribution in [0.4, 0.5) is 4.79 Å². The van der Waals surface area contributed by atoms with Gasteiger partial charge >= 0.3 is 6.03 Å². The molecular formula is C27H28N4O5. The third-order valence-electron chi connectivity index (χ3n) is 7.70. The van der Waals surface area contributed by atoms with Crippen LogP contribution in [0.5, 0.6) is 11.6 Å². The molecule has 1 aromatic heterocycles. The minimum Gasteiger partial charge on any atom is -0.497 e. The fourth-order valence-corrected chi connectivity index (χ4v) is 5.74. The third kappa shape index (κ3) is 3.66. The highest BCUT2D eigenvalue weighted by Crippen LogP contribution is 2.47. The molecule has 3 heterocycles. The highest BCUT2D eigenvalue weighted by Gasteiger charge is 2.50. The summed E-state index contributed by atoms with van der Waals surface area (Å²) >= 11 is 0. The molecule has 2 unspecified atom stereocenters. The number of rotatable bonds is 6. The largest absolute Gasteiger partial charge is 0.497 e. The lowest BCUT2D eigenvalue weighted by atomic mass is 9.87. The summed E-state index contributed by atoms with van der Waals surface area (Å²) in [4.78, 5) is 41.0. The third-order valence-corrected chi connectivity index (χ3v) is 7.70. The summed E-state index contributed by atoms with van der Waals surface area (Å²) in [5, 5.41) is 17.2. The Labute approximate surface area is 208 Å². The number of urea groups is 1. The molecule has 6 rings (SSSR count). The second-order valence-electron chi connectivity index (χ2n) is 10.0. The van der Waals surface area contributed by atoms with Crippen LogP contribution in [0, 0.1) is 5.92 Å². The first-order chi connectivity index (χ1) is 17.4. The van der Waals surface area contributed by atoms with Crippen molar-refractivity contribution < 1.29 is 24.2 Å². The number of nitrogens with zero attached hydrogens (tertiary/aromatic N) is 2. The van der Waals surface area contributed by atoms with Gasteiger partial charge in [-0.3, -0.25) is 14.9 Å². The van der Waals surface area contributed by atoms with Crippen LogP contribution < -0.4 is 15.4 Å². The fraction of sp³-hybridized carbons (Fsp3) is 0.370. The van der Waals surface area contributed by atoms with Gasteiger partial charge < -0.3 is 24.6 Å². The molecule has 2 fully saturated rings. The van der Waals surface area contributed by atoms with E-state index in [1.54, 1.807) is 31.5 Å². The van der Waals surface area contributed by atoms with Crippen LogP contribution in [0.25, 0.3) is 10.8 Å². The molecule has 36 heavy (non-hydrogen) atoms. The van der Waals surface area contributed by atoms with Gasteiger partial charge in [-0.25, -0.2) is 4.79 Å². The number of fused-ring (bicyclic) bond motifs is 2. The van der Waals surface area contributed by atoms with Crippen LogP contribution in [0.3, 0.4) is 0 Å². The summed E-state index contributed by atoms with van der Waals surface area (Å²) in [6.07, 6.45) is 4.39. The van der Waals surface area contributed by atoms with Gasteiger partial charge in [-0.05, 0) is 54.5 Å². The monoisotopic (exact) mass is 488 g/mol. The molecule has 9 nitrogen and oxygen atoms in total. The molecule has 186 valence electrons. The van der Waals surface area contributed by atoms with Crippen molar-refractivity contribution in [1.29, 1.82) is 0 Å². The van der Waals surface area contributed by atoms with Gasteiger partial charge in [0.15, 0.2) is 5.88 Å². The highest BCUT2D eigenvalue weighted by molar-refractivity contribution is 6.09. The molecule has 1 saturated carbocycles. The van der Waals surface area contributed by atoms with Crippen LogP contribution in [-0.4, -0.2) is 51.6 Å². The molecule has 4 amide bonds. The number of aromatic nitrogens is 1. The number of amides is 4. The Kier molecular flexibility index (Phi) is 5.17. The van der Waals surface area contributed by atoms with Gasteiger partial charge in [0.25, 0.3) is 5.91 Å². The topological polar surface area (TPSA) is 113 Å². The molecule has 0 spiro atoms. The van der Waals surface area contributed by atoms with Crippen molar-refractivity contribution in [2.24, 2.45) is 5.92 Å². The SMILES string of the molecule is COc1ccc2cn(CC3(CC(=O)N4CCc5ccccc5C4C4CC4)NC(=O)NC3=O)c(O)c2c1. The Morgan fingerprint density at radius 2 is 2.00 bits per heavy atom. The molecule has 2 atom stereocenters. The lowest BCUT2D eigenvalue weighted by Gasteiger charge is -2.39. The summed E-state index contributed by atoms with van der Waals surface area (Å²) in [5.74, 6) is 0.177. The van der Waals surface area contributed by atoms with Crippen LogP contribution in [-0.2, 0) is 22.6 Å². The Balaban J connectivity index is 1.32. The maximum Gasteiger partial charge on any atom is 0.322 e. The van der Waals surface area contributed by atoms with Gasteiger partial charge in [-0.15, -0.1) is 0 Å². The smallest absolute Gasteiger partial charge is 0.322 e. The Hall–Kier alpha value is -4.01. The molecule has 3 aliphatic rings. The number of aromatic hydroxyl groups is 1. The normalized spacial score (nSPS) is 23.4. The van der Waals surface area contributed by atoms with Gasteiger partial charge in [0, 0.05) is 23.5 Å². The van der Waals surface area contributed by atoms with Crippen molar-refractivity contribution in [2.75, 3.05) is 13.7 Å². The standard InChI is InChI=1S/C27H28N4O5/c1-36-19-9-8-18-14-30(24(33)21(18)12-19)15-27(25(34)28-26(35)29-27)13-22(32)31-11-10-16-4-2-3-5-20(16)23(31)17-6-7-17/h2-5,8-9,12,14,17,23,33H,6-7,10-11,13,15H2,1H3,(H2,28,29,34,35). The summed E-state index contributed by atoms with van der Waals surface area (Å²) in [7, 11) is 1.54. The number of nitrogens with one attached hydrogen (secondary N) is 2. The van der Waals surface area contributed by atoms with Crippen LogP contribution in [0.1, 0.15) is 36.4 Å². The lowest BCUT2D eigenvalue weighted by Crippen LogP contribution is -2.54. The van der Waals surface area contributed by atoms with E-state index in [1.165, 1.54) is 15.7 Å². The average Bonchev–Trinajstić information content (AvgIpc) is 3.62. The van der Waals surface area contributed by atoms with Gasteiger partial charge in [0.2, 0.25) is 5.91 Å². The summed E-state index contributed by atoms with van der Waals surface area (Å²) in [6, 6.07) is 12.9. The second kappa shape index (κ2) is 8.29. The van der Waals surface area contributed by atoms with Crippen LogP contribution in [0.2, 0.25) is 0 Å². The van der Waals surface area contributed by atoms with E-state index in [0.29, 0.717) is 23.6 Å². The van der Waals surface area contributed by atoms with Crippen LogP contribution in [0.15, 0.2) is 48.7 Å². The van der Waals surface area contributed by atoms with Gasteiger partial charge in [-0.1, -0.05) is 24.3 Å². The fourth-order valence-electron chi connectivity index (χ4n) is 5.74. The van der Waals surface area contributed by atoms with Crippen molar-refractivity contribution in [3.8, 4) is 11.6 Å². The second-order valence-corrected chi connectivity index (χ2v) is 10.0. The summed E-state index contributed by atoms with van der Waals surface area (Å²) in [6.45, 7) is 0.485. The van der Waals surface area contributed by atoms with Crippen molar-refractivity contribution in [2.45, 2.75) is 43.8 Å². The summed E-state index contributed by atoms with van der Waals surface area (Å²) in [5.41, 5.74) is 0.923. The molecule has 3 aromatic rings. The molecule has 9 heteroatoms. The number of hydrogen-bond acceptors (Lipinski definition) is 5. The number of hydrogen-bond donors (Lipinski definition) is 3. The van der Waals surface area contributed by atoms with E-state index in [9.17, 15) is 19.5 Å². The zero-order chi connectivity index (χ0) is 25.0. The first-order valence-corrected chi connectivity index (χ1v) is 12.3. The number of imide groups is 1. The maximum atomic E-state index is 13.8. The van der Waals surface area contributed by atoms with Crippen LogP contribution >= 0.6 is 0 Å². The van der Waals surface area contributed by atoms with E-state index >= 15 is 0 Å². The van der Waals surface area contributed by atoms with Crippen molar-refractivity contribution in [3.63, 3.8) is 0 Å². The zero-order valence-corrected chi connectivity index (χ0v) is 20.0.